The Kier molecular flexibility index (Phi) is 7.51. The third-order valence-corrected chi connectivity index (χ3v) is 6.77. The molecule has 1 unspecified atom stereocenters. The van der Waals surface area contributed by atoms with Crippen LogP contribution in [0.25, 0.3) is 11.2 Å². The number of hydrogen-bond acceptors (Lipinski definition) is 6. The van der Waals surface area contributed by atoms with Gasteiger partial charge in [0, 0.05) is 19.3 Å². The monoisotopic (exact) mass is 566 g/mol. The Bertz CT molecular complexity index is 1660. The predicted molar refractivity (Wildman–Crippen MR) is 146 cm³/mol. The molecule has 0 spiro atoms. The fourth-order valence-electron chi connectivity index (χ4n) is 4.56. The molecule has 3 heterocycles. The number of amides is 1. The van der Waals surface area contributed by atoms with Crippen molar-refractivity contribution in [2.24, 2.45) is 0 Å². The lowest BCUT2D eigenvalue weighted by molar-refractivity contribution is -0.0498. The fraction of sp³-hybridized carbons (Fsp3) is 0.214. The summed E-state index contributed by atoms with van der Waals surface area (Å²) < 4.78 is 33.3. The highest BCUT2D eigenvalue weighted by Gasteiger charge is 2.39. The van der Waals surface area contributed by atoms with Crippen molar-refractivity contribution in [2.75, 3.05) is 5.32 Å². The van der Waals surface area contributed by atoms with E-state index in [0.29, 0.717) is 35.4 Å². The van der Waals surface area contributed by atoms with Gasteiger partial charge in [0.05, 0.1) is 23.0 Å². The van der Waals surface area contributed by atoms with Crippen LogP contribution in [0, 0.1) is 0 Å². The first kappa shape index (κ1) is 27.2. The zero-order chi connectivity index (χ0) is 28.4. The number of anilines is 1. The number of halogens is 3. The molecule has 0 radical (unpaired) electrons. The van der Waals surface area contributed by atoms with Gasteiger partial charge >= 0.3 is 6.61 Å². The number of nitrogens with one attached hydrogen (secondary N) is 1. The summed E-state index contributed by atoms with van der Waals surface area (Å²) >= 11 is 6.43. The van der Waals surface area contributed by atoms with Crippen LogP contribution in [-0.2, 0) is 18.7 Å². The van der Waals surface area contributed by atoms with Gasteiger partial charge in [0.2, 0.25) is 0 Å². The minimum atomic E-state index is -2.98. The van der Waals surface area contributed by atoms with Crippen LogP contribution in [0.15, 0.2) is 73.1 Å². The summed E-state index contributed by atoms with van der Waals surface area (Å²) in [6, 6.07) is 16.1. The Labute approximate surface area is 233 Å². The smallest absolute Gasteiger partial charge is 0.387 e. The van der Waals surface area contributed by atoms with E-state index in [1.807, 2.05) is 19.9 Å². The van der Waals surface area contributed by atoms with Gasteiger partial charge in [-0.3, -0.25) is 9.48 Å². The van der Waals surface area contributed by atoms with Crippen LogP contribution < -0.4 is 10.1 Å². The zero-order valence-corrected chi connectivity index (χ0v) is 22.3. The molecule has 0 fully saturated rings. The number of ether oxygens (including phenoxy) is 1. The van der Waals surface area contributed by atoms with Crippen LogP contribution in [0.1, 0.15) is 41.2 Å². The largest absolute Gasteiger partial charge is 0.435 e. The molecule has 3 aromatic heterocycles. The van der Waals surface area contributed by atoms with Crippen molar-refractivity contribution < 1.29 is 23.4 Å². The van der Waals surface area contributed by atoms with Gasteiger partial charge in [-0.1, -0.05) is 54.1 Å². The molecule has 2 N–H and O–H groups in total. The number of hydrogen-bond donors (Lipinski definition) is 2. The van der Waals surface area contributed by atoms with Crippen LogP contribution in [0.4, 0.5) is 14.5 Å². The maximum absolute atomic E-state index is 13.1. The number of carbonyl (C=O) groups excluding carboxylic acids is 1. The van der Waals surface area contributed by atoms with Crippen molar-refractivity contribution >= 4 is 34.4 Å². The third-order valence-electron chi connectivity index (χ3n) is 6.48. The van der Waals surface area contributed by atoms with Crippen LogP contribution >= 0.6 is 11.6 Å². The summed E-state index contributed by atoms with van der Waals surface area (Å²) in [4.78, 5) is 22.1. The van der Waals surface area contributed by atoms with Gasteiger partial charge in [0.1, 0.15) is 10.9 Å². The molecule has 5 aromatic rings. The molecule has 1 amide bonds. The number of imidazole rings is 1. The Morgan fingerprint density at radius 3 is 2.40 bits per heavy atom. The molecule has 0 aliphatic rings. The van der Waals surface area contributed by atoms with Gasteiger partial charge in [0.15, 0.2) is 17.1 Å². The maximum Gasteiger partial charge on any atom is 0.387 e. The summed E-state index contributed by atoms with van der Waals surface area (Å²) in [5.74, 6) is -0.316. The van der Waals surface area contributed by atoms with E-state index in [1.54, 1.807) is 45.8 Å². The Morgan fingerprint density at radius 1 is 1.07 bits per heavy atom. The molecule has 12 heteroatoms. The van der Waals surface area contributed by atoms with Crippen molar-refractivity contribution in [1.82, 2.24) is 24.3 Å². The molecule has 9 nitrogen and oxygen atoms in total. The van der Waals surface area contributed by atoms with E-state index in [2.05, 4.69) is 25.1 Å². The number of alkyl halides is 2. The molecule has 0 aliphatic heterocycles. The molecule has 0 saturated heterocycles. The standard InChI is InChI=1S/C28H25ClF2N6O3/c1-3-36-16-19(15-32-36)33-25(38)21-14-22-24(34-23(21)29)35-26(37(22)4-2)28(39,17-8-6-5-7-9-17)18-10-12-20(13-11-18)40-27(30)31/h5-16,27,39H,3-4H2,1-2H3,(H,33,38). The average molecular weight is 567 g/mol. The second kappa shape index (κ2) is 11.0. The SMILES string of the molecule is CCn1cc(NC(=O)c2cc3c(nc2Cl)nc(C(O)(c2ccccc2)c2ccc(OC(F)F)cc2)n3CC)cn1. The van der Waals surface area contributed by atoms with E-state index < -0.39 is 18.1 Å². The van der Waals surface area contributed by atoms with Crippen molar-refractivity contribution in [3.05, 3.63) is 101 Å². The first-order valence-corrected chi connectivity index (χ1v) is 12.9. The second-order valence-corrected chi connectivity index (χ2v) is 9.23. The van der Waals surface area contributed by atoms with Gasteiger partial charge in [-0.05, 0) is 43.2 Å². The molecular formula is C28H25ClF2N6O3. The number of fused-ring (bicyclic) bond motifs is 1. The lowest BCUT2D eigenvalue weighted by atomic mass is 9.85. The molecule has 206 valence electrons. The van der Waals surface area contributed by atoms with Gasteiger partial charge in [-0.15, -0.1) is 0 Å². The van der Waals surface area contributed by atoms with E-state index >= 15 is 0 Å². The molecule has 40 heavy (non-hydrogen) atoms. The van der Waals surface area contributed by atoms with Gasteiger partial charge in [-0.25, -0.2) is 9.97 Å². The van der Waals surface area contributed by atoms with Gasteiger partial charge in [-0.2, -0.15) is 13.9 Å². The molecule has 5 rings (SSSR count). The van der Waals surface area contributed by atoms with Crippen LogP contribution in [0.3, 0.4) is 0 Å². The second-order valence-electron chi connectivity index (χ2n) is 8.87. The average Bonchev–Trinajstić information content (AvgIpc) is 3.56. The Balaban J connectivity index is 1.63. The lowest BCUT2D eigenvalue weighted by Gasteiger charge is -2.29. The summed E-state index contributed by atoms with van der Waals surface area (Å²) in [6.45, 7) is 1.83. The topological polar surface area (TPSA) is 107 Å². The molecule has 0 bridgehead atoms. The van der Waals surface area contributed by atoms with E-state index in [9.17, 15) is 18.7 Å². The first-order valence-electron chi connectivity index (χ1n) is 12.5. The Morgan fingerprint density at radius 2 is 1.77 bits per heavy atom. The van der Waals surface area contributed by atoms with Crippen molar-refractivity contribution in [2.45, 2.75) is 39.1 Å². The van der Waals surface area contributed by atoms with Crippen molar-refractivity contribution in [3.63, 3.8) is 0 Å². The molecule has 1 atom stereocenters. The summed E-state index contributed by atoms with van der Waals surface area (Å²) in [5.41, 5.74) is 0.362. The van der Waals surface area contributed by atoms with Crippen LogP contribution in [0.2, 0.25) is 5.15 Å². The van der Waals surface area contributed by atoms with Crippen molar-refractivity contribution in [3.8, 4) is 5.75 Å². The predicted octanol–water partition coefficient (Wildman–Crippen LogP) is 5.46. The first-order chi connectivity index (χ1) is 19.2. The number of rotatable bonds is 9. The summed E-state index contributed by atoms with van der Waals surface area (Å²) in [6.07, 6.45) is 3.23. The number of aromatic nitrogens is 5. The highest BCUT2D eigenvalue weighted by atomic mass is 35.5. The minimum Gasteiger partial charge on any atom is -0.435 e. The minimum absolute atomic E-state index is 0.0493. The molecule has 0 aliphatic carbocycles. The lowest BCUT2D eigenvalue weighted by Crippen LogP contribution is -2.32. The van der Waals surface area contributed by atoms with Gasteiger partial charge < -0.3 is 19.7 Å². The van der Waals surface area contributed by atoms with Crippen LogP contribution in [-0.4, -0.2) is 41.9 Å². The van der Waals surface area contributed by atoms with E-state index in [4.69, 9.17) is 11.6 Å². The molecular weight excluding hydrogens is 542 g/mol. The number of pyridine rings is 1. The zero-order valence-electron chi connectivity index (χ0n) is 21.6. The summed E-state index contributed by atoms with van der Waals surface area (Å²) in [7, 11) is 0. The van der Waals surface area contributed by atoms with E-state index in [0.717, 1.165) is 0 Å². The number of carbonyl (C=O) groups is 1. The highest BCUT2D eigenvalue weighted by Crippen LogP contribution is 2.38. The molecule has 2 aromatic carbocycles. The Hall–Kier alpha value is -4.35. The maximum atomic E-state index is 13.1. The fourth-order valence-corrected chi connectivity index (χ4v) is 4.78. The van der Waals surface area contributed by atoms with Crippen LogP contribution in [0.5, 0.6) is 5.75 Å². The van der Waals surface area contributed by atoms with Crippen molar-refractivity contribution in [1.29, 1.82) is 0 Å². The van der Waals surface area contributed by atoms with E-state index in [-0.39, 0.29) is 27.9 Å². The number of benzene rings is 2. The normalized spacial score (nSPS) is 13.0. The summed E-state index contributed by atoms with van der Waals surface area (Å²) in [5, 5.41) is 19.2. The number of aryl methyl sites for hydroxylation is 2. The quantitative estimate of drug-likeness (QED) is 0.230. The molecule has 0 saturated carbocycles. The number of nitrogens with zero attached hydrogens (tertiary/aromatic N) is 5. The van der Waals surface area contributed by atoms with E-state index in [1.165, 1.54) is 30.5 Å². The number of aliphatic hydroxyl groups is 1. The van der Waals surface area contributed by atoms with Gasteiger partial charge in [0.25, 0.3) is 5.91 Å². The highest BCUT2D eigenvalue weighted by molar-refractivity contribution is 6.33. The third kappa shape index (κ3) is 5.01.